The van der Waals surface area contributed by atoms with Gasteiger partial charge < -0.3 is 9.26 Å². The van der Waals surface area contributed by atoms with Crippen LogP contribution in [0.1, 0.15) is 28.7 Å². The van der Waals surface area contributed by atoms with Crippen LogP contribution in [-0.2, 0) is 22.3 Å². The van der Waals surface area contributed by atoms with Gasteiger partial charge in [-0.15, -0.1) is 0 Å². The van der Waals surface area contributed by atoms with Gasteiger partial charge in [0.05, 0.1) is 24.9 Å². The van der Waals surface area contributed by atoms with E-state index in [-0.39, 0.29) is 24.5 Å². The van der Waals surface area contributed by atoms with Gasteiger partial charge in [-0.05, 0) is 12.5 Å². The van der Waals surface area contributed by atoms with Crippen LogP contribution in [0.4, 0.5) is 13.2 Å². The number of halogens is 3. The molecule has 0 atom stereocenters. The second kappa shape index (κ2) is 7.62. The maximum absolute atomic E-state index is 12.5. The fourth-order valence-corrected chi connectivity index (χ4v) is 2.28. The Kier molecular flexibility index (Phi) is 5.25. The summed E-state index contributed by atoms with van der Waals surface area (Å²) < 4.78 is 47.8. The summed E-state index contributed by atoms with van der Waals surface area (Å²) in [6, 6.07) is 6.37. The van der Waals surface area contributed by atoms with Gasteiger partial charge in [-0.2, -0.15) is 23.3 Å². The lowest BCUT2D eigenvalue weighted by atomic mass is 10.1. The summed E-state index contributed by atoms with van der Waals surface area (Å²) in [5.74, 6) is -3.34. The maximum atomic E-state index is 12.5. The van der Waals surface area contributed by atoms with Crippen molar-refractivity contribution in [1.82, 2.24) is 19.9 Å². The van der Waals surface area contributed by atoms with Gasteiger partial charge in [-0.25, -0.2) is 4.79 Å². The summed E-state index contributed by atoms with van der Waals surface area (Å²) in [4.78, 5) is 26.6. The predicted molar refractivity (Wildman–Crippen MR) is 87.0 cm³/mol. The number of aromatic nitrogens is 4. The van der Waals surface area contributed by atoms with Gasteiger partial charge >= 0.3 is 18.0 Å². The summed E-state index contributed by atoms with van der Waals surface area (Å²) in [5.41, 5.74) is 1.20. The molecule has 0 unspecified atom stereocenters. The topological polar surface area (TPSA) is 100 Å². The largest absolute Gasteiger partial charge is 0.471 e. The first-order valence-electron chi connectivity index (χ1n) is 8.02. The van der Waals surface area contributed by atoms with Crippen LogP contribution in [-0.4, -0.2) is 38.3 Å². The first kappa shape index (κ1) is 19.3. The zero-order chi connectivity index (χ0) is 20.3. The molecule has 146 valence electrons. The highest BCUT2D eigenvalue weighted by atomic mass is 19.4. The lowest BCUT2D eigenvalue weighted by Gasteiger charge is -2.03. The van der Waals surface area contributed by atoms with Crippen LogP contribution in [0.2, 0.25) is 0 Å². The van der Waals surface area contributed by atoms with E-state index < -0.39 is 23.8 Å². The van der Waals surface area contributed by atoms with E-state index in [9.17, 15) is 22.8 Å². The van der Waals surface area contributed by atoms with Crippen molar-refractivity contribution in [3.8, 4) is 11.4 Å². The SMILES string of the molecule is CCOC(=O)C(=O)c1cnn(Cc2ccc(-c3noc(C(F)(F)F)n3)cc2)c1. The molecular weight excluding hydrogens is 381 g/mol. The lowest BCUT2D eigenvalue weighted by Crippen LogP contribution is -2.16. The first-order valence-corrected chi connectivity index (χ1v) is 8.02. The van der Waals surface area contributed by atoms with Crippen LogP contribution >= 0.6 is 0 Å². The number of benzene rings is 1. The zero-order valence-electron chi connectivity index (χ0n) is 14.4. The second-order valence-electron chi connectivity index (χ2n) is 5.59. The van der Waals surface area contributed by atoms with Crippen molar-refractivity contribution in [2.75, 3.05) is 6.61 Å². The summed E-state index contributed by atoms with van der Waals surface area (Å²) in [6.45, 7) is 1.96. The number of ether oxygens (including phenoxy) is 1. The van der Waals surface area contributed by atoms with Gasteiger partial charge in [0.1, 0.15) is 0 Å². The van der Waals surface area contributed by atoms with E-state index in [2.05, 4.69) is 24.5 Å². The molecule has 0 aliphatic heterocycles. The van der Waals surface area contributed by atoms with Crippen molar-refractivity contribution in [2.24, 2.45) is 0 Å². The summed E-state index contributed by atoms with van der Waals surface area (Å²) >= 11 is 0. The number of alkyl halides is 3. The number of hydrogen-bond donors (Lipinski definition) is 0. The highest BCUT2D eigenvalue weighted by Gasteiger charge is 2.38. The van der Waals surface area contributed by atoms with E-state index in [1.165, 1.54) is 29.2 Å². The van der Waals surface area contributed by atoms with Crippen molar-refractivity contribution in [3.05, 3.63) is 53.7 Å². The molecule has 0 spiro atoms. The molecule has 11 heteroatoms. The Balaban J connectivity index is 1.69. The maximum Gasteiger partial charge on any atom is 0.471 e. The average molecular weight is 394 g/mol. The number of Topliss-reactive ketones (excluding diaryl/α,β-unsaturated/α-hetero) is 1. The van der Waals surface area contributed by atoms with Crippen LogP contribution in [0, 0.1) is 0 Å². The molecule has 0 saturated heterocycles. The molecule has 2 aromatic heterocycles. The Morgan fingerprint density at radius 3 is 2.54 bits per heavy atom. The van der Waals surface area contributed by atoms with Gasteiger partial charge in [-0.1, -0.05) is 29.4 Å². The van der Waals surface area contributed by atoms with Crippen LogP contribution in [0.15, 0.2) is 41.2 Å². The summed E-state index contributed by atoms with van der Waals surface area (Å²) in [6.07, 6.45) is -2.04. The van der Waals surface area contributed by atoms with Crippen molar-refractivity contribution >= 4 is 11.8 Å². The smallest absolute Gasteiger partial charge is 0.460 e. The molecule has 0 amide bonds. The normalized spacial score (nSPS) is 11.4. The number of rotatable bonds is 6. The minimum atomic E-state index is -4.70. The minimum absolute atomic E-state index is 0.0932. The number of ketones is 1. The Hall–Kier alpha value is -3.50. The van der Waals surface area contributed by atoms with Gasteiger partial charge in [0, 0.05) is 11.8 Å². The number of esters is 1. The summed E-state index contributed by atoms with van der Waals surface area (Å²) in [5, 5.41) is 7.33. The Labute approximate surface area is 155 Å². The zero-order valence-corrected chi connectivity index (χ0v) is 14.4. The van der Waals surface area contributed by atoms with Gasteiger partial charge in [0.2, 0.25) is 5.82 Å². The highest BCUT2D eigenvalue weighted by Crippen LogP contribution is 2.29. The molecule has 0 N–H and O–H groups in total. The molecule has 2 heterocycles. The third-order valence-corrected chi connectivity index (χ3v) is 3.58. The van der Waals surface area contributed by atoms with E-state index in [1.54, 1.807) is 19.1 Å². The molecule has 0 bridgehead atoms. The monoisotopic (exact) mass is 394 g/mol. The van der Waals surface area contributed by atoms with E-state index in [1.807, 2.05) is 0 Å². The fraction of sp³-hybridized carbons (Fsp3) is 0.235. The van der Waals surface area contributed by atoms with E-state index in [0.29, 0.717) is 5.56 Å². The molecule has 0 radical (unpaired) electrons. The summed E-state index contributed by atoms with van der Waals surface area (Å²) in [7, 11) is 0. The first-order chi connectivity index (χ1) is 13.3. The molecule has 0 aliphatic rings. The fourth-order valence-electron chi connectivity index (χ4n) is 2.28. The molecule has 28 heavy (non-hydrogen) atoms. The number of carbonyl (C=O) groups is 2. The minimum Gasteiger partial charge on any atom is -0.460 e. The van der Waals surface area contributed by atoms with Crippen LogP contribution < -0.4 is 0 Å². The highest BCUT2D eigenvalue weighted by molar-refractivity contribution is 6.40. The molecule has 8 nitrogen and oxygen atoms in total. The third kappa shape index (κ3) is 4.24. The van der Waals surface area contributed by atoms with Crippen LogP contribution in [0.25, 0.3) is 11.4 Å². The molecule has 0 fully saturated rings. The number of hydrogen-bond acceptors (Lipinski definition) is 7. The third-order valence-electron chi connectivity index (χ3n) is 3.58. The van der Waals surface area contributed by atoms with Crippen molar-refractivity contribution < 1.29 is 32.0 Å². The van der Waals surface area contributed by atoms with Crippen molar-refractivity contribution in [1.29, 1.82) is 0 Å². The second-order valence-corrected chi connectivity index (χ2v) is 5.59. The molecule has 0 aliphatic carbocycles. The van der Waals surface area contributed by atoms with Crippen LogP contribution in [0.5, 0.6) is 0 Å². The molecule has 3 aromatic rings. The van der Waals surface area contributed by atoms with Gasteiger partial charge in [0.15, 0.2) is 0 Å². The quantitative estimate of drug-likeness (QED) is 0.360. The van der Waals surface area contributed by atoms with Crippen molar-refractivity contribution in [2.45, 2.75) is 19.6 Å². The standard InChI is InChI=1S/C17H13F3N4O4/c1-2-27-15(26)13(25)12-7-21-24(9-12)8-10-3-5-11(6-4-10)14-22-16(28-23-14)17(18,19)20/h3-7,9H,2,8H2,1H3. The van der Waals surface area contributed by atoms with Crippen LogP contribution in [0.3, 0.4) is 0 Å². The molecule has 0 saturated carbocycles. The molecule has 1 aromatic carbocycles. The molecular formula is C17H13F3N4O4. The Morgan fingerprint density at radius 1 is 1.21 bits per heavy atom. The van der Waals surface area contributed by atoms with Gasteiger partial charge in [0.25, 0.3) is 5.78 Å². The van der Waals surface area contributed by atoms with E-state index in [4.69, 9.17) is 0 Å². The predicted octanol–water partition coefficient (Wildman–Crippen LogP) is 2.75. The van der Waals surface area contributed by atoms with Crippen molar-refractivity contribution in [3.63, 3.8) is 0 Å². The Morgan fingerprint density at radius 2 is 1.93 bits per heavy atom. The van der Waals surface area contributed by atoms with E-state index in [0.717, 1.165) is 5.56 Å². The number of carbonyl (C=O) groups excluding carboxylic acids is 2. The van der Waals surface area contributed by atoms with E-state index >= 15 is 0 Å². The number of nitrogens with zero attached hydrogens (tertiary/aromatic N) is 4. The average Bonchev–Trinajstić information content (AvgIpc) is 3.31. The molecule has 3 rings (SSSR count). The lowest BCUT2D eigenvalue weighted by molar-refractivity contribution is -0.159. The Bertz CT molecular complexity index is 993. The van der Waals surface area contributed by atoms with Gasteiger partial charge in [-0.3, -0.25) is 9.48 Å².